The molecular formula is C14H13FN2O2. The van der Waals surface area contributed by atoms with Crippen molar-refractivity contribution in [3.05, 3.63) is 59.5 Å². The summed E-state index contributed by atoms with van der Waals surface area (Å²) in [6.07, 6.45) is 1.30. The van der Waals surface area contributed by atoms with Crippen LogP contribution in [0.4, 0.5) is 10.2 Å². The molecule has 2 rings (SSSR count). The first-order valence-corrected chi connectivity index (χ1v) is 5.72. The Kier molecular flexibility index (Phi) is 3.75. The lowest BCUT2D eigenvalue weighted by atomic mass is 10.2. The summed E-state index contributed by atoms with van der Waals surface area (Å²) in [5, 5.41) is 8.88. The molecular weight excluding hydrogens is 247 g/mol. The number of nitrogens with zero attached hydrogens (tertiary/aromatic N) is 2. The minimum Gasteiger partial charge on any atom is -0.478 e. The fourth-order valence-corrected chi connectivity index (χ4v) is 1.80. The zero-order valence-corrected chi connectivity index (χ0v) is 10.4. The van der Waals surface area contributed by atoms with E-state index < -0.39 is 11.8 Å². The molecule has 5 heteroatoms. The molecule has 1 aromatic carbocycles. The summed E-state index contributed by atoms with van der Waals surface area (Å²) in [6.45, 7) is 0.452. The van der Waals surface area contributed by atoms with Crippen LogP contribution in [0, 0.1) is 5.82 Å². The second-order valence-electron chi connectivity index (χ2n) is 4.14. The fourth-order valence-electron chi connectivity index (χ4n) is 1.80. The molecule has 0 atom stereocenters. The number of rotatable bonds is 4. The summed E-state index contributed by atoms with van der Waals surface area (Å²) >= 11 is 0. The summed E-state index contributed by atoms with van der Waals surface area (Å²) < 4.78 is 14.0. The average Bonchev–Trinajstić information content (AvgIpc) is 2.39. The van der Waals surface area contributed by atoms with Gasteiger partial charge >= 0.3 is 5.97 Å². The van der Waals surface area contributed by atoms with Crippen molar-refractivity contribution in [3.8, 4) is 0 Å². The normalized spacial score (nSPS) is 10.2. The van der Waals surface area contributed by atoms with Crippen molar-refractivity contribution < 1.29 is 14.3 Å². The molecule has 0 aliphatic rings. The number of anilines is 1. The first-order chi connectivity index (χ1) is 9.09. The van der Waals surface area contributed by atoms with Crippen LogP contribution in [0.5, 0.6) is 0 Å². The van der Waals surface area contributed by atoms with Crippen LogP contribution < -0.4 is 4.90 Å². The van der Waals surface area contributed by atoms with Crippen molar-refractivity contribution in [2.75, 3.05) is 11.9 Å². The van der Waals surface area contributed by atoms with Crippen LogP contribution in [0.25, 0.3) is 0 Å². The van der Waals surface area contributed by atoms with Gasteiger partial charge in [-0.3, -0.25) is 0 Å². The lowest BCUT2D eigenvalue weighted by Crippen LogP contribution is -2.20. The van der Waals surface area contributed by atoms with E-state index in [1.807, 2.05) is 30.3 Å². The average molecular weight is 260 g/mol. The van der Waals surface area contributed by atoms with E-state index in [0.29, 0.717) is 6.54 Å². The Hall–Kier alpha value is -2.43. The highest BCUT2D eigenvalue weighted by Crippen LogP contribution is 2.20. The van der Waals surface area contributed by atoms with Gasteiger partial charge in [0.15, 0.2) is 11.6 Å². The molecule has 0 fully saturated rings. The predicted molar refractivity (Wildman–Crippen MR) is 69.7 cm³/mol. The van der Waals surface area contributed by atoms with E-state index >= 15 is 0 Å². The minimum atomic E-state index is -1.30. The fraction of sp³-hybridized carbons (Fsp3) is 0.143. The van der Waals surface area contributed by atoms with Crippen molar-refractivity contribution in [2.45, 2.75) is 6.54 Å². The third kappa shape index (κ3) is 2.88. The van der Waals surface area contributed by atoms with Gasteiger partial charge in [-0.15, -0.1) is 0 Å². The molecule has 1 N–H and O–H groups in total. The molecule has 1 aromatic heterocycles. The van der Waals surface area contributed by atoms with Gasteiger partial charge in [0.2, 0.25) is 0 Å². The number of hydrogen-bond donors (Lipinski definition) is 1. The Morgan fingerprint density at radius 2 is 2.00 bits per heavy atom. The minimum absolute atomic E-state index is 0.0313. The number of carboxylic acids is 1. The lowest BCUT2D eigenvalue weighted by molar-refractivity contribution is 0.0692. The number of carboxylic acid groups (broad SMARTS) is 1. The second kappa shape index (κ2) is 5.48. The maximum absolute atomic E-state index is 14.0. The van der Waals surface area contributed by atoms with E-state index in [4.69, 9.17) is 5.11 Å². The number of pyridine rings is 1. The van der Waals surface area contributed by atoms with Crippen LogP contribution in [0.3, 0.4) is 0 Å². The summed E-state index contributed by atoms with van der Waals surface area (Å²) in [5.74, 6) is -2.08. The van der Waals surface area contributed by atoms with Crippen molar-refractivity contribution in [1.82, 2.24) is 4.98 Å². The van der Waals surface area contributed by atoms with Gasteiger partial charge < -0.3 is 10.0 Å². The van der Waals surface area contributed by atoms with Gasteiger partial charge in [0.05, 0.1) is 0 Å². The summed E-state index contributed by atoms with van der Waals surface area (Å²) in [4.78, 5) is 16.4. The monoisotopic (exact) mass is 260 g/mol. The molecule has 98 valence electrons. The lowest BCUT2D eigenvalue weighted by Gasteiger charge is -2.19. The highest BCUT2D eigenvalue weighted by molar-refractivity contribution is 5.88. The molecule has 0 saturated heterocycles. The third-order valence-corrected chi connectivity index (χ3v) is 2.73. The van der Waals surface area contributed by atoms with E-state index in [2.05, 4.69) is 4.98 Å². The van der Waals surface area contributed by atoms with Crippen molar-refractivity contribution >= 4 is 11.8 Å². The van der Waals surface area contributed by atoms with E-state index in [0.717, 1.165) is 11.6 Å². The van der Waals surface area contributed by atoms with E-state index in [1.54, 1.807) is 11.9 Å². The number of halogens is 1. The molecule has 0 aliphatic heterocycles. The van der Waals surface area contributed by atoms with Crippen LogP contribution in [-0.4, -0.2) is 23.1 Å². The Morgan fingerprint density at radius 3 is 2.63 bits per heavy atom. The van der Waals surface area contributed by atoms with Gasteiger partial charge in [0.1, 0.15) is 5.56 Å². The van der Waals surface area contributed by atoms with Gasteiger partial charge in [0.25, 0.3) is 0 Å². The van der Waals surface area contributed by atoms with Gasteiger partial charge in [-0.1, -0.05) is 30.3 Å². The second-order valence-corrected chi connectivity index (χ2v) is 4.14. The van der Waals surface area contributed by atoms with Gasteiger partial charge in [0, 0.05) is 19.8 Å². The first-order valence-electron chi connectivity index (χ1n) is 5.72. The zero-order chi connectivity index (χ0) is 13.8. The predicted octanol–water partition coefficient (Wildman–Crippen LogP) is 2.56. The molecule has 19 heavy (non-hydrogen) atoms. The van der Waals surface area contributed by atoms with Crippen LogP contribution in [0.2, 0.25) is 0 Å². The van der Waals surface area contributed by atoms with Crippen molar-refractivity contribution in [3.63, 3.8) is 0 Å². The topological polar surface area (TPSA) is 53.4 Å². The third-order valence-electron chi connectivity index (χ3n) is 2.73. The molecule has 0 radical (unpaired) electrons. The molecule has 0 amide bonds. The first kappa shape index (κ1) is 13.0. The number of benzene rings is 1. The highest BCUT2D eigenvalue weighted by atomic mass is 19.1. The quantitative estimate of drug-likeness (QED) is 0.917. The van der Waals surface area contributed by atoms with E-state index in [-0.39, 0.29) is 11.4 Å². The van der Waals surface area contributed by atoms with Crippen molar-refractivity contribution in [2.24, 2.45) is 0 Å². The molecule has 0 saturated carbocycles. The van der Waals surface area contributed by atoms with Crippen LogP contribution in [0.15, 0.2) is 42.6 Å². The van der Waals surface area contributed by atoms with Gasteiger partial charge in [-0.05, 0) is 11.6 Å². The Labute approximate surface area is 110 Å². The van der Waals surface area contributed by atoms with Gasteiger partial charge in [-0.2, -0.15) is 0 Å². The van der Waals surface area contributed by atoms with Crippen LogP contribution in [0.1, 0.15) is 15.9 Å². The largest absolute Gasteiger partial charge is 0.478 e. The summed E-state index contributed by atoms with van der Waals surface area (Å²) in [6, 6.07) is 10.6. The Balaban J connectivity index is 2.27. The molecule has 0 unspecified atom stereocenters. The molecule has 1 heterocycles. The molecule has 2 aromatic rings. The number of aromatic carboxylic acids is 1. The molecule has 0 spiro atoms. The van der Waals surface area contributed by atoms with Crippen LogP contribution in [-0.2, 0) is 6.54 Å². The Morgan fingerprint density at radius 1 is 1.32 bits per heavy atom. The van der Waals surface area contributed by atoms with Gasteiger partial charge in [-0.25, -0.2) is 14.2 Å². The smallest absolute Gasteiger partial charge is 0.338 e. The summed E-state index contributed by atoms with van der Waals surface area (Å²) in [7, 11) is 1.67. The van der Waals surface area contributed by atoms with E-state index in [9.17, 15) is 9.18 Å². The number of carbonyl (C=O) groups is 1. The number of aromatic nitrogens is 1. The standard InChI is InChI=1S/C14H13FN2O2/c1-17(9-10-5-3-2-4-6-10)13-12(15)11(14(18)19)7-8-16-13/h2-8H,9H2,1H3,(H,18,19). The Bertz CT molecular complexity index is 587. The van der Waals surface area contributed by atoms with Crippen LogP contribution >= 0.6 is 0 Å². The molecule has 0 aliphatic carbocycles. The van der Waals surface area contributed by atoms with E-state index in [1.165, 1.54) is 6.20 Å². The zero-order valence-electron chi connectivity index (χ0n) is 10.4. The molecule has 4 nitrogen and oxygen atoms in total. The maximum Gasteiger partial charge on any atom is 0.338 e. The molecule has 0 bridgehead atoms. The summed E-state index contributed by atoms with van der Waals surface area (Å²) in [5.41, 5.74) is 0.622. The highest BCUT2D eigenvalue weighted by Gasteiger charge is 2.17. The van der Waals surface area contributed by atoms with Crippen molar-refractivity contribution in [1.29, 1.82) is 0 Å². The maximum atomic E-state index is 14.0. The SMILES string of the molecule is CN(Cc1ccccc1)c1nccc(C(=O)O)c1F. The number of hydrogen-bond acceptors (Lipinski definition) is 3.